The molecular formula is C21H22Y2-2. The largest absolute Gasteiger partial charge is 0.180 e. The van der Waals surface area contributed by atoms with Gasteiger partial charge >= 0.3 is 0 Å². The minimum absolute atomic E-state index is 0. The van der Waals surface area contributed by atoms with Crippen molar-refractivity contribution in [2.24, 2.45) is 0 Å². The SMILES string of the molecule is C=CCc1[c-]ccc(C(C)(C)c2cc[c-]c(CC=C)c2)c1.[Y].[Y]. The van der Waals surface area contributed by atoms with Crippen molar-refractivity contribution in [3.8, 4) is 0 Å². The van der Waals surface area contributed by atoms with Crippen LogP contribution in [-0.4, -0.2) is 0 Å². The number of allylic oxidation sites excluding steroid dienone is 2. The summed E-state index contributed by atoms with van der Waals surface area (Å²) >= 11 is 0. The Kier molecular flexibility index (Phi) is 10.9. The Morgan fingerprint density at radius 1 is 0.870 bits per heavy atom. The first-order valence-corrected chi connectivity index (χ1v) is 7.32. The molecule has 2 aromatic rings. The summed E-state index contributed by atoms with van der Waals surface area (Å²) in [6, 6.07) is 19.3. The van der Waals surface area contributed by atoms with Gasteiger partial charge < -0.3 is 0 Å². The van der Waals surface area contributed by atoms with Gasteiger partial charge in [-0.25, -0.2) is 0 Å². The van der Waals surface area contributed by atoms with Gasteiger partial charge in [0.15, 0.2) is 0 Å². The normalized spacial score (nSPS) is 10.2. The van der Waals surface area contributed by atoms with Crippen molar-refractivity contribution in [1.29, 1.82) is 0 Å². The van der Waals surface area contributed by atoms with E-state index in [1.807, 2.05) is 24.3 Å². The van der Waals surface area contributed by atoms with Crippen molar-refractivity contribution in [1.82, 2.24) is 0 Å². The molecule has 0 N–H and O–H groups in total. The molecule has 23 heavy (non-hydrogen) atoms. The molecule has 0 bridgehead atoms. The molecule has 0 unspecified atom stereocenters. The van der Waals surface area contributed by atoms with Gasteiger partial charge in [0.25, 0.3) is 0 Å². The summed E-state index contributed by atoms with van der Waals surface area (Å²) in [6.45, 7) is 12.1. The van der Waals surface area contributed by atoms with Gasteiger partial charge in [0.1, 0.15) is 0 Å². The van der Waals surface area contributed by atoms with Crippen LogP contribution in [0, 0.1) is 12.1 Å². The van der Waals surface area contributed by atoms with Crippen molar-refractivity contribution in [2.45, 2.75) is 32.1 Å². The molecule has 0 aromatic heterocycles. The summed E-state index contributed by atoms with van der Waals surface area (Å²) in [5, 5.41) is 0. The molecule has 0 nitrogen and oxygen atoms in total. The van der Waals surface area contributed by atoms with Crippen LogP contribution in [0.1, 0.15) is 36.1 Å². The Morgan fingerprint density at radius 2 is 1.26 bits per heavy atom. The third-order valence-corrected chi connectivity index (χ3v) is 3.89. The van der Waals surface area contributed by atoms with Crippen LogP contribution in [0.15, 0.2) is 61.7 Å². The van der Waals surface area contributed by atoms with E-state index in [0.29, 0.717) is 0 Å². The van der Waals surface area contributed by atoms with Crippen molar-refractivity contribution in [2.75, 3.05) is 0 Å². The van der Waals surface area contributed by atoms with Gasteiger partial charge in [-0.2, -0.15) is 59.7 Å². The van der Waals surface area contributed by atoms with Crippen molar-refractivity contribution < 1.29 is 65.4 Å². The van der Waals surface area contributed by atoms with Crippen LogP contribution in [0.25, 0.3) is 0 Å². The van der Waals surface area contributed by atoms with Crippen LogP contribution >= 0.6 is 0 Å². The summed E-state index contributed by atoms with van der Waals surface area (Å²) in [7, 11) is 0. The minimum Gasteiger partial charge on any atom is -0.180 e. The monoisotopic (exact) mass is 452 g/mol. The summed E-state index contributed by atoms with van der Waals surface area (Å²) in [5.74, 6) is 0. The van der Waals surface area contributed by atoms with Gasteiger partial charge in [-0.3, -0.25) is 0 Å². The number of hydrogen-bond acceptors (Lipinski definition) is 0. The first-order chi connectivity index (χ1) is 10.1. The molecule has 0 aliphatic carbocycles. The molecule has 0 aliphatic heterocycles. The smallest absolute Gasteiger partial charge is 0 e. The number of hydrogen-bond donors (Lipinski definition) is 0. The molecule has 2 heteroatoms. The molecule has 2 rings (SSSR count). The Bertz CT molecular complexity index is 586. The standard InChI is InChI=1S/C21H22.2Y/c1-5-9-17-11-7-13-19(15-17)21(3,4)20-14-8-12-18(16-20)10-6-2;;/h5-8,13-16H,1-2,9-10H2,3-4H3;;/q-2;;. The maximum Gasteiger partial charge on any atom is 0 e. The predicted octanol–water partition coefficient (Wildman–Crippen LogP) is 5.06. The zero-order valence-corrected chi connectivity index (χ0v) is 19.8. The quantitative estimate of drug-likeness (QED) is 0.425. The van der Waals surface area contributed by atoms with Crippen molar-refractivity contribution in [3.05, 3.63) is 96.1 Å². The summed E-state index contributed by atoms with van der Waals surface area (Å²) in [4.78, 5) is 0. The molecule has 0 spiro atoms. The molecule has 0 heterocycles. The van der Waals surface area contributed by atoms with Crippen molar-refractivity contribution >= 4 is 0 Å². The fourth-order valence-corrected chi connectivity index (χ4v) is 2.52. The second kappa shape index (κ2) is 10.9. The number of benzene rings is 2. The van der Waals surface area contributed by atoms with Gasteiger partial charge in [-0.05, 0) is 18.3 Å². The third-order valence-electron chi connectivity index (χ3n) is 3.89. The third kappa shape index (κ3) is 6.17. The molecule has 2 radical (unpaired) electrons. The number of rotatable bonds is 6. The molecular weight excluding hydrogens is 430 g/mol. The van der Waals surface area contributed by atoms with Gasteiger partial charge in [-0.15, -0.1) is 24.3 Å². The average molecular weight is 452 g/mol. The van der Waals surface area contributed by atoms with Crippen LogP contribution < -0.4 is 0 Å². The van der Waals surface area contributed by atoms with Crippen LogP contribution in [0.2, 0.25) is 0 Å². The van der Waals surface area contributed by atoms with Crippen molar-refractivity contribution in [3.63, 3.8) is 0 Å². The molecule has 0 amide bonds. The first-order valence-electron chi connectivity index (χ1n) is 7.32. The summed E-state index contributed by atoms with van der Waals surface area (Å²) in [6.07, 6.45) is 5.55. The van der Waals surface area contributed by atoms with Crippen LogP contribution in [0.3, 0.4) is 0 Å². The van der Waals surface area contributed by atoms with E-state index >= 15 is 0 Å². The maximum absolute atomic E-state index is 3.80. The van der Waals surface area contributed by atoms with E-state index in [4.69, 9.17) is 0 Å². The Morgan fingerprint density at radius 3 is 1.61 bits per heavy atom. The molecule has 0 aliphatic rings. The van der Waals surface area contributed by atoms with Crippen LogP contribution in [0.5, 0.6) is 0 Å². The molecule has 0 atom stereocenters. The molecule has 2 aromatic carbocycles. The molecule has 114 valence electrons. The fourth-order valence-electron chi connectivity index (χ4n) is 2.52. The first kappa shape index (κ1) is 23.1. The van der Waals surface area contributed by atoms with E-state index in [0.717, 1.165) is 12.8 Å². The minimum atomic E-state index is -0.0456. The van der Waals surface area contributed by atoms with E-state index in [2.05, 4.69) is 63.4 Å². The van der Waals surface area contributed by atoms with Gasteiger partial charge in [-0.1, -0.05) is 26.0 Å². The average Bonchev–Trinajstić information content (AvgIpc) is 2.48. The summed E-state index contributed by atoms with van der Waals surface area (Å²) < 4.78 is 0. The van der Waals surface area contributed by atoms with E-state index in [1.54, 1.807) is 0 Å². The van der Waals surface area contributed by atoms with Gasteiger partial charge in [0.2, 0.25) is 0 Å². The summed E-state index contributed by atoms with van der Waals surface area (Å²) in [5.41, 5.74) is 4.92. The van der Waals surface area contributed by atoms with Gasteiger partial charge in [0.05, 0.1) is 0 Å². The fraction of sp³-hybridized carbons (Fsp3) is 0.238. The predicted molar refractivity (Wildman–Crippen MR) is 90.5 cm³/mol. The second-order valence-electron chi connectivity index (χ2n) is 5.82. The molecule has 0 saturated heterocycles. The molecule has 0 saturated carbocycles. The Labute approximate surface area is 191 Å². The Balaban J connectivity index is 0.00000242. The second-order valence-corrected chi connectivity index (χ2v) is 5.82. The zero-order valence-electron chi connectivity index (χ0n) is 14.1. The topological polar surface area (TPSA) is 0 Å². The van der Waals surface area contributed by atoms with Crippen LogP contribution in [-0.2, 0) is 83.7 Å². The molecule has 0 fully saturated rings. The van der Waals surface area contributed by atoms with E-state index in [-0.39, 0.29) is 70.8 Å². The van der Waals surface area contributed by atoms with Crippen LogP contribution in [0.4, 0.5) is 0 Å². The van der Waals surface area contributed by atoms with E-state index < -0.39 is 0 Å². The Hall–Kier alpha value is 0.128. The zero-order chi connectivity index (χ0) is 15.3. The maximum atomic E-state index is 3.80. The van der Waals surface area contributed by atoms with Gasteiger partial charge in [0, 0.05) is 65.4 Å². The van der Waals surface area contributed by atoms with E-state index in [9.17, 15) is 0 Å². The van der Waals surface area contributed by atoms with E-state index in [1.165, 1.54) is 22.3 Å².